The highest BCUT2D eigenvalue weighted by Gasteiger charge is 2.26. The van der Waals surface area contributed by atoms with Crippen LogP contribution in [0.25, 0.3) is 0 Å². The fourth-order valence-electron chi connectivity index (χ4n) is 1.92. The highest BCUT2D eigenvalue weighted by Crippen LogP contribution is 2.13. The average Bonchev–Trinajstić information content (AvgIpc) is 2.55. The first kappa shape index (κ1) is 18.8. The van der Waals surface area contributed by atoms with Gasteiger partial charge in [-0.1, -0.05) is 17.7 Å². The van der Waals surface area contributed by atoms with Gasteiger partial charge in [0.1, 0.15) is 12.4 Å². The molecule has 0 aliphatic rings. The quantitative estimate of drug-likeness (QED) is 0.402. The van der Waals surface area contributed by atoms with Crippen molar-refractivity contribution >= 4 is 11.9 Å². The summed E-state index contributed by atoms with van der Waals surface area (Å²) in [6, 6.07) is 7.94. The van der Waals surface area contributed by atoms with Crippen LogP contribution < -0.4 is 20.7 Å². The lowest BCUT2D eigenvalue weighted by Crippen LogP contribution is -2.47. The number of aryl methyl sites for hydroxylation is 1. The molecule has 1 amide bonds. The number of benzene rings is 1. The van der Waals surface area contributed by atoms with Gasteiger partial charge in [0, 0.05) is 20.6 Å². The molecular formula is C17H28N4O2. The lowest BCUT2D eigenvalue weighted by atomic mass is 9.92. The van der Waals surface area contributed by atoms with Gasteiger partial charge in [-0.25, -0.2) is 0 Å². The summed E-state index contributed by atoms with van der Waals surface area (Å²) in [5.41, 5.74) is 0.698. The molecule has 3 N–H and O–H groups in total. The summed E-state index contributed by atoms with van der Waals surface area (Å²) in [6.07, 6.45) is 0. The monoisotopic (exact) mass is 320 g/mol. The van der Waals surface area contributed by atoms with Gasteiger partial charge in [-0.05, 0) is 32.9 Å². The van der Waals surface area contributed by atoms with Crippen molar-refractivity contribution in [3.05, 3.63) is 29.8 Å². The van der Waals surface area contributed by atoms with Crippen LogP contribution in [0.1, 0.15) is 19.4 Å². The van der Waals surface area contributed by atoms with Crippen LogP contribution >= 0.6 is 0 Å². The Bertz CT molecular complexity index is 524. The number of nitrogens with one attached hydrogen (secondary N) is 3. The topological polar surface area (TPSA) is 74.8 Å². The highest BCUT2D eigenvalue weighted by molar-refractivity contribution is 5.84. The Morgan fingerprint density at radius 2 is 1.87 bits per heavy atom. The average molecular weight is 320 g/mol. The molecule has 0 spiro atoms. The predicted octanol–water partition coefficient (Wildman–Crippen LogP) is 1.31. The fraction of sp³-hybridized carbons (Fsp3) is 0.529. The summed E-state index contributed by atoms with van der Waals surface area (Å²) in [5.74, 6) is 1.48. The van der Waals surface area contributed by atoms with E-state index in [0.717, 1.165) is 5.75 Å². The van der Waals surface area contributed by atoms with Crippen LogP contribution in [0.4, 0.5) is 0 Å². The zero-order chi connectivity index (χ0) is 17.3. The van der Waals surface area contributed by atoms with Gasteiger partial charge >= 0.3 is 0 Å². The van der Waals surface area contributed by atoms with Gasteiger partial charge in [0.2, 0.25) is 5.91 Å². The molecule has 0 bridgehead atoms. The molecule has 1 rings (SSSR count). The molecule has 0 saturated carbocycles. The number of rotatable bonds is 7. The number of hydrogen-bond acceptors (Lipinski definition) is 3. The Balaban J connectivity index is 2.31. The third kappa shape index (κ3) is 6.59. The van der Waals surface area contributed by atoms with Crippen molar-refractivity contribution in [3.8, 4) is 5.75 Å². The number of carbonyl (C=O) groups is 1. The second kappa shape index (κ2) is 9.02. The van der Waals surface area contributed by atoms with Crippen molar-refractivity contribution in [2.75, 3.05) is 33.8 Å². The molecule has 0 aromatic heterocycles. The van der Waals surface area contributed by atoms with Crippen LogP contribution in [0.3, 0.4) is 0 Å². The summed E-state index contributed by atoms with van der Waals surface area (Å²) >= 11 is 0. The Morgan fingerprint density at radius 3 is 2.43 bits per heavy atom. The molecule has 6 heteroatoms. The lowest BCUT2D eigenvalue weighted by molar-refractivity contribution is -0.128. The third-order valence-corrected chi connectivity index (χ3v) is 3.45. The zero-order valence-corrected chi connectivity index (χ0v) is 14.7. The van der Waals surface area contributed by atoms with Crippen LogP contribution in [0.15, 0.2) is 29.3 Å². The van der Waals surface area contributed by atoms with E-state index in [-0.39, 0.29) is 5.91 Å². The van der Waals surface area contributed by atoms with Crippen molar-refractivity contribution in [3.63, 3.8) is 0 Å². The number of carbonyl (C=O) groups excluding carboxylic acids is 1. The lowest BCUT2D eigenvalue weighted by Gasteiger charge is -2.24. The number of aliphatic imine (C=N–C) groups is 1. The number of hydrogen-bond donors (Lipinski definition) is 3. The van der Waals surface area contributed by atoms with E-state index in [1.165, 1.54) is 5.56 Å². The van der Waals surface area contributed by atoms with Crippen molar-refractivity contribution in [2.45, 2.75) is 20.8 Å². The van der Waals surface area contributed by atoms with Gasteiger partial charge < -0.3 is 20.7 Å². The molecule has 1 aromatic carbocycles. The van der Waals surface area contributed by atoms with Crippen LogP contribution in [-0.2, 0) is 4.79 Å². The Hall–Kier alpha value is -2.24. The minimum atomic E-state index is -0.509. The van der Waals surface area contributed by atoms with E-state index in [4.69, 9.17) is 4.74 Å². The highest BCUT2D eigenvalue weighted by atomic mass is 16.5. The molecule has 0 fully saturated rings. The summed E-state index contributed by atoms with van der Waals surface area (Å²) in [7, 11) is 3.34. The fourth-order valence-corrected chi connectivity index (χ4v) is 1.92. The molecular weight excluding hydrogens is 292 g/mol. The molecule has 0 aliphatic carbocycles. The number of amides is 1. The third-order valence-electron chi connectivity index (χ3n) is 3.45. The molecule has 0 atom stereocenters. The van der Waals surface area contributed by atoms with Crippen molar-refractivity contribution in [2.24, 2.45) is 10.4 Å². The Morgan fingerprint density at radius 1 is 1.22 bits per heavy atom. The van der Waals surface area contributed by atoms with Gasteiger partial charge in [0.05, 0.1) is 12.0 Å². The molecule has 6 nitrogen and oxygen atoms in total. The van der Waals surface area contributed by atoms with Crippen molar-refractivity contribution < 1.29 is 9.53 Å². The molecule has 0 radical (unpaired) electrons. The number of nitrogens with zero attached hydrogens (tertiary/aromatic N) is 1. The van der Waals surface area contributed by atoms with Crippen molar-refractivity contribution in [1.82, 2.24) is 16.0 Å². The van der Waals surface area contributed by atoms with Crippen molar-refractivity contribution in [1.29, 1.82) is 0 Å². The minimum Gasteiger partial charge on any atom is -0.492 e. The van der Waals surface area contributed by atoms with E-state index >= 15 is 0 Å². The van der Waals surface area contributed by atoms with Crippen LogP contribution in [0.5, 0.6) is 5.75 Å². The van der Waals surface area contributed by atoms with Crippen LogP contribution in [0.2, 0.25) is 0 Å². The molecule has 0 heterocycles. The first-order chi connectivity index (χ1) is 10.9. The maximum Gasteiger partial charge on any atom is 0.227 e. The predicted molar refractivity (Wildman–Crippen MR) is 93.9 cm³/mol. The van der Waals surface area contributed by atoms with Crippen LogP contribution in [0, 0.1) is 12.3 Å². The van der Waals surface area contributed by atoms with E-state index in [2.05, 4.69) is 20.9 Å². The second-order valence-electron chi connectivity index (χ2n) is 5.98. The molecule has 0 aliphatic heterocycles. The van der Waals surface area contributed by atoms with Gasteiger partial charge in [0.15, 0.2) is 5.96 Å². The standard InChI is InChI=1S/C17H28N4O2/c1-13-6-8-14(9-7-13)23-11-10-20-16(19-5)21-12-17(2,3)15(22)18-4/h6-9H,10-12H2,1-5H3,(H,18,22)(H2,19,20,21). The maximum absolute atomic E-state index is 11.7. The zero-order valence-electron chi connectivity index (χ0n) is 14.7. The summed E-state index contributed by atoms with van der Waals surface area (Å²) in [6.45, 7) is 7.45. The SMILES string of the molecule is CN=C(NCCOc1ccc(C)cc1)NCC(C)(C)C(=O)NC. The molecule has 1 aromatic rings. The smallest absolute Gasteiger partial charge is 0.227 e. The van der Waals surface area contributed by atoms with E-state index in [9.17, 15) is 4.79 Å². The normalized spacial score (nSPS) is 11.8. The van der Waals surface area contributed by atoms with E-state index in [0.29, 0.717) is 25.7 Å². The minimum absolute atomic E-state index is 0.0110. The molecule has 0 saturated heterocycles. The summed E-state index contributed by atoms with van der Waals surface area (Å²) < 4.78 is 5.65. The maximum atomic E-state index is 11.7. The summed E-state index contributed by atoms with van der Waals surface area (Å²) in [4.78, 5) is 15.9. The van der Waals surface area contributed by atoms with Gasteiger partial charge in [-0.2, -0.15) is 0 Å². The van der Waals surface area contributed by atoms with E-state index < -0.39 is 5.41 Å². The first-order valence-corrected chi connectivity index (χ1v) is 7.75. The number of ether oxygens (including phenoxy) is 1. The van der Waals surface area contributed by atoms with E-state index in [1.807, 2.05) is 45.0 Å². The largest absolute Gasteiger partial charge is 0.492 e. The van der Waals surface area contributed by atoms with Gasteiger partial charge in [-0.3, -0.25) is 9.79 Å². The van der Waals surface area contributed by atoms with E-state index in [1.54, 1.807) is 14.1 Å². The second-order valence-corrected chi connectivity index (χ2v) is 5.98. The van der Waals surface area contributed by atoms with Gasteiger partial charge in [0.25, 0.3) is 0 Å². The van der Waals surface area contributed by atoms with Crippen LogP contribution in [-0.4, -0.2) is 45.7 Å². The van der Waals surface area contributed by atoms with Gasteiger partial charge in [-0.15, -0.1) is 0 Å². The molecule has 128 valence electrons. The Kier molecular flexibility index (Phi) is 7.38. The first-order valence-electron chi connectivity index (χ1n) is 7.75. The summed E-state index contributed by atoms with van der Waals surface area (Å²) in [5, 5.41) is 8.98. The molecule has 0 unspecified atom stereocenters. The Labute approximate surface area is 138 Å². The molecule has 23 heavy (non-hydrogen) atoms. The number of guanidine groups is 1.